The highest BCUT2D eigenvalue weighted by atomic mass is 16.5. The Kier molecular flexibility index (Phi) is 6.93. The fraction of sp³-hybridized carbons (Fsp3) is 0.630. The Balaban J connectivity index is 1.39. The molecule has 0 saturated carbocycles. The molecule has 34 heavy (non-hydrogen) atoms. The zero-order valence-corrected chi connectivity index (χ0v) is 21.1. The van der Waals surface area contributed by atoms with Crippen molar-refractivity contribution < 1.29 is 9.47 Å². The Hall–Kier alpha value is -2.38. The Morgan fingerprint density at radius 1 is 1.15 bits per heavy atom. The molecule has 0 radical (unpaired) electrons. The predicted octanol–water partition coefficient (Wildman–Crippen LogP) is 5.19. The van der Waals surface area contributed by atoms with Crippen molar-refractivity contribution in [1.82, 2.24) is 14.9 Å². The number of pyridine rings is 2. The third-order valence-corrected chi connectivity index (χ3v) is 7.52. The lowest BCUT2D eigenvalue weighted by Gasteiger charge is -2.44. The molecule has 5 rings (SSSR count). The van der Waals surface area contributed by atoms with E-state index >= 15 is 0 Å². The SMILES string of the molecule is CCCC(CCC)N1CC(c2cc3c(c(C)n2)O[C@@H](C)c2c(N4CCOCC4)ccnc2N3)C1. The fourth-order valence-electron chi connectivity index (χ4n) is 5.72. The fourth-order valence-corrected chi connectivity index (χ4v) is 5.72. The lowest BCUT2D eigenvalue weighted by atomic mass is 9.90. The minimum absolute atomic E-state index is 0.121. The van der Waals surface area contributed by atoms with Crippen LogP contribution in [0.2, 0.25) is 0 Å². The van der Waals surface area contributed by atoms with Crippen LogP contribution < -0.4 is 15.0 Å². The summed E-state index contributed by atoms with van der Waals surface area (Å²) in [6, 6.07) is 5.01. The largest absolute Gasteiger partial charge is 0.482 e. The Labute approximate surface area is 203 Å². The van der Waals surface area contributed by atoms with Crippen molar-refractivity contribution in [3.05, 3.63) is 35.3 Å². The summed E-state index contributed by atoms with van der Waals surface area (Å²) in [6.07, 6.45) is 6.86. The lowest BCUT2D eigenvalue weighted by Crippen LogP contribution is -2.50. The van der Waals surface area contributed by atoms with E-state index in [-0.39, 0.29) is 6.10 Å². The second-order valence-corrected chi connectivity index (χ2v) is 9.97. The molecule has 3 aliphatic rings. The lowest BCUT2D eigenvalue weighted by molar-refractivity contribution is 0.0781. The molecular formula is C27H39N5O2. The number of rotatable bonds is 7. The number of morpholine rings is 1. The van der Waals surface area contributed by atoms with Gasteiger partial charge in [-0.05, 0) is 38.8 Å². The number of likely N-dealkylation sites (tertiary alicyclic amines) is 1. The molecule has 5 heterocycles. The van der Waals surface area contributed by atoms with Gasteiger partial charge in [-0.1, -0.05) is 26.7 Å². The molecule has 0 amide bonds. The molecule has 0 unspecified atom stereocenters. The molecular weight excluding hydrogens is 426 g/mol. The summed E-state index contributed by atoms with van der Waals surface area (Å²) < 4.78 is 12.1. The van der Waals surface area contributed by atoms with E-state index in [1.165, 1.54) is 31.4 Å². The highest BCUT2D eigenvalue weighted by molar-refractivity contribution is 5.74. The van der Waals surface area contributed by atoms with Crippen molar-refractivity contribution in [1.29, 1.82) is 0 Å². The monoisotopic (exact) mass is 465 g/mol. The normalized spacial score (nSPS) is 20.7. The van der Waals surface area contributed by atoms with E-state index in [0.717, 1.165) is 73.6 Å². The van der Waals surface area contributed by atoms with Crippen LogP contribution in [0.15, 0.2) is 18.3 Å². The van der Waals surface area contributed by atoms with Crippen LogP contribution in [0.4, 0.5) is 17.2 Å². The highest BCUT2D eigenvalue weighted by Crippen LogP contribution is 2.44. The third kappa shape index (κ3) is 4.48. The number of anilines is 3. The Morgan fingerprint density at radius 2 is 1.88 bits per heavy atom. The summed E-state index contributed by atoms with van der Waals surface area (Å²) in [7, 11) is 0. The molecule has 1 atom stereocenters. The van der Waals surface area contributed by atoms with Gasteiger partial charge in [0, 0.05) is 55.7 Å². The number of nitrogens with one attached hydrogen (secondary N) is 1. The quantitative estimate of drug-likeness (QED) is 0.604. The molecule has 0 bridgehead atoms. The van der Waals surface area contributed by atoms with Gasteiger partial charge in [0.05, 0.1) is 30.2 Å². The van der Waals surface area contributed by atoms with Gasteiger partial charge in [-0.3, -0.25) is 9.88 Å². The summed E-state index contributed by atoms with van der Waals surface area (Å²) in [5.41, 5.74) is 5.38. The van der Waals surface area contributed by atoms with Gasteiger partial charge in [0.1, 0.15) is 11.9 Å². The van der Waals surface area contributed by atoms with E-state index in [0.29, 0.717) is 12.0 Å². The van der Waals surface area contributed by atoms with Gasteiger partial charge in [-0.25, -0.2) is 4.98 Å². The maximum atomic E-state index is 6.52. The van der Waals surface area contributed by atoms with Crippen LogP contribution in [0.25, 0.3) is 0 Å². The number of aromatic nitrogens is 2. The number of fused-ring (bicyclic) bond motifs is 2. The van der Waals surface area contributed by atoms with Gasteiger partial charge < -0.3 is 19.7 Å². The Bertz CT molecular complexity index is 995. The minimum Gasteiger partial charge on any atom is -0.482 e. The molecule has 3 aliphatic heterocycles. The molecule has 0 aromatic carbocycles. The van der Waals surface area contributed by atoms with E-state index in [2.05, 4.69) is 54.9 Å². The van der Waals surface area contributed by atoms with E-state index in [4.69, 9.17) is 19.4 Å². The van der Waals surface area contributed by atoms with Crippen molar-refractivity contribution in [2.45, 2.75) is 71.4 Å². The molecule has 2 fully saturated rings. The first-order valence-electron chi connectivity index (χ1n) is 13.1. The number of ether oxygens (including phenoxy) is 2. The summed E-state index contributed by atoms with van der Waals surface area (Å²) in [5, 5.41) is 3.62. The average Bonchev–Trinajstić information content (AvgIpc) is 2.95. The molecule has 0 spiro atoms. The van der Waals surface area contributed by atoms with Gasteiger partial charge in [-0.2, -0.15) is 0 Å². The first kappa shape index (κ1) is 23.4. The van der Waals surface area contributed by atoms with E-state index in [1.807, 2.05) is 6.20 Å². The summed E-state index contributed by atoms with van der Waals surface area (Å²) in [5.74, 6) is 2.20. The van der Waals surface area contributed by atoms with Gasteiger partial charge in [0.25, 0.3) is 0 Å². The van der Waals surface area contributed by atoms with Crippen LogP contribution in [0.1, 0.15) is 75.4 Å². The predicted molar refractivity (Wildman–Crippen MR) is 136 cm³/mol. The maximum Gasteiger partial charge on any atom is 0.164 e. The Morgan fingerprint density at radius 3 is 2.59 bits per heavy atom. The average molecular weight is 466 g/mol. The first-order chi connectivity index (χ1) is 16.6. The van der Waals surface area contributed by atoms with Crippen molar-refractivity contribution >= 4 is 17.2 Å². The van der Waals surface area contributed by atoms with Crippen LogP contribution in [0.5, 0.6) is 5.75 Å². The van der Waals surface area contributed by atoms with Crippen molar-refractivity contribution in [3.8, 4) is 5.75 Å². The highest BCUT2D eigenvalue weighted by Gasteiger charge is 2.35. The van der Waals surface area contributed by atoms with Gasteiger partial charge >= 0.3 is 0 Å². The molecule has 2 aromatic rings. The third-order valence-electron chi connectivity index (χ3n) is 7.52. The standard InChI is InChI=1S/C27H39N5O2/c1-5-7-21(8-6-2)32-16-20(17-32)22-15-23-26(18(3)29-22)34-19(4)25-24(9-10-28-27(25)30-23)31-11-13-33-14-12-31/h9-10,15,19-21H,5-8,11-14,16-17H2,1-4H3,(H,28,30)/t19-/m0/s1. The van der Waals surface area contributed by atoms with E-state index < -0.39 is 0 Å². The topological polar surface area (TPSA) is 62.8 Å². The number of hydrogen-bond donors (Lipinski definition) is 1. The molecule has 7 nitrogen and oxygen atoms in total. The first-order valence-corrected chi connectivity index (χ1v) is 13.1. The van der Waals surface area contributed by atoms with Crippen LogP contribution in [0.3, 0.4) is 0 Å². The smallest absolute Gasteiger partial charge is 0.164 e. The summed E-state index contributed by atoms with van der Waals surface area (Å²) in [4.78, 5) is 14.8. The molecule has 1 N–H and O–H groups in total. The van der Waals surface area contributed by atoms with Crippen LogP contribution in [0, 0.1) is 6.92 Å². The summed E-state index contributed by atoms with van der Waals surface area (Å²) >= 11 is 0. The second kappa shape index (κ2) is 10.1. The van der Waals surface area contributed by atoms with E-state index in [9.17, 15) is 0 Å². The molecule has 0 aliphatic carbocycles. The number of aryl methyl sites for hydroxylation is 1. The van der Waals surface area contributed by atoms with Crippen LogP contribution >= 0.6 is 0 Å². The van der Waals surface area contributed by atoms with Crippen molar-refractivity contribution in [2.75, 3.05) is 49.6 Å². The summed E-state index contributed by atoms with van der Waals surface area (Å²) in [6.45, 7) is 14.2. The second-order valence-electron chi connectivity index (χ2n) is 9.97. The molecule has 184 valence electrons. The van der Waals surface area contributed by atoms with Gasteiger partial charge in [0.2, 0.25) is 0 Å². The van der Waals surface area contributed by atoms with Gasteiger partial charge in [0.15, 0.2) is 5.75 Å². The van der Waals surface area contributed by atoms with E-state index in [1.54, 1.807) is 0 Å². The van der Waals surface area contributed by atoms with Crippen LogP contribution in [-0.2, 0) is 4.74 Å². The zero-order valence-electron chi connectivity index (χ0n) is 21.1. The number of nitrogens with zero attached hydrogens (tertiary/aromatic N) is 4. The maximum absolute atomic E-state index is 6.52. The molecule has 2 saturated heterocycles. The number of hydrogen-bond acceptors (Lipinski definition) is 7. The molecule has 7 heteroatoms. The van der Waals surface area contributed by atoms with Crippen LogP contribution in [-0.4, -0.2) is 60.3 Å². The van der Waals surface area contributed by atoms with Gasteiger partial charge in [-0.15, -0.1) is 0 Å². The minimum atomic E-state index is -0.121. The van der Waals surface area contributed by atoms with Crippen molar-refractivity contribution in [3.63, 3.8) is 0 Å². The van der Waals surface area contributed by atoms with Crippen molar-refractivity contribution in [2.24, 2.45) is 0 Å². The zero-order chi connectivity index (χ0) is 23.7. The molecule has 2 aromatic heterocycles.